The van der Waals surface area contributed by atoms with Gasteiger partial charge in [0, 0.05) is 19.7 Å². The summed E-state index contributed by atoms with van der Waals surface area (Å²) in [5, 5.41) is 0. The number of likely N-dealkylation sites (tertiary alicyclic amines) is 1. The predicted octanol–water partition coefficient (Wildman–Crippen LogP) is 3.50. The predicted molar refractivity (Wildman–Crippen MR) is 81.7 cm³/mol. The molecule has 2 aromatic rings. The van der Waals surface area contributed by atoms with E-state index in [1.165, 1.54) is 11.1 Å². The first kappa shape index (κ1) is 13.3. The Balaban J connectivity index is 1.94. The second-order valence-electron chi connectivity index (χ2n) is 5.44. The zero-order chi connectivity index (χ0) is 13.9. The lowest BCUT2D eigenvalue weighted by Gasteiger charge is -2.50. The third kappa shape index (κ3) is 2.37. The van der Waals surface area contributed by atoms with Crippen molar-refractivity contribution < 1.29 is 4.74 Å². The van der Waals surface area contributed by atoms with Crippen LogP contribution in [0.25, 0.3) is 0 Å². The first-order valence-corrected chi connectivity index (χ1v) is 7.19. The molecule has 2 heteroatoms. The highest BCUT2D eigenvalue weighted by molar-refractivity contribution is 5.32. The number of ether oxygens (including phenoxy) is 1. The maximum atomic E-state index is 5.51. The number of rotatable bonds is 4. The Morgan fingerprint density at radius 3 is 1.85 bits per heavy atom. The van der Waals surface area contributed by atoms with E-state index in [2.05, 4.69) is 72.5 Å². The van der Waals surface area contributed by atoms with Gasteiger partial charge in [0.1, 0.15) is 0 Å². The van der Waals surface area contributed by atoms with Gasteiger partial charge in [0.05, 0.1) is 12.1 Å². The zero-order valence-electron chi connectivity index (χ0n) is 12.1. The van der Waals surface area contributed by atoms with Gasteiger partial charge in [-0.1, -0.05) is 60.7 Å². The summed E-state index contributed by atoms with van der Waals surface area (Å²) in [6.07, 6.45) is 0.352. The van der Waals surface area contributed by atoms with Crippen LogP contribution in [0.3, 0.4) is 0 Å². The van der Waals surface area contributed by atoms with E-state index in [1.807, 2.05) is 0 Å². The molecule has 2 aromatic carbocycles. The highest BCUT2D eigenvalue weighted by Crippen LogP contribution is 2.36. The summed E-state index contributed by atoms with van der Waals surface area (Å²) in [6.45, 7) is 3.24. The standard InChI is InChI=1S/C18H21NO/c1-14-17(20-2)13-19(14)18(15-9-5-3-6-10-15)16-11-7-4-8-12-16/h3-12,14,17-18H,13H2,1-2H3/t14-,17+/m1/s1. The van der Waals surface area contributed by atoms with E-state index in [0.29, 0.717) is 18.2 Å². The highest BCUT2D eigenvalue weighted by atomic mass is 16.5. The summed E-state index contributed by atoms with van der Waals surface area (Å²) in [6, 6.07) is 22.2. The lowest BCUT2D eigenvalue weighted by atomic mass is 9.90. The molecule has 0 unspecified atom stereocenters. The first-order chi connectivity index (χ1) is 9.81. The minimum atomic E-state index is 0.318. The normalized spacial score (nSPS) is 22.8. The smallest absolute Gasteiger partial charge is 0.0851 e. The lowest BCUT2D eigenvalue weighted by Crippen LogP contribution is -2.60. The molecule has 2 atom stereocenters. The van der Waals surface area contributed by atoms with Crippen molar-refractivity contribution in [2.24, 2.45) is 0 Å². The van der Waals surface area contributed by atoms with E-state index >= 15 is 0 Å². The SMILES string of the molecule is CO[C@H]1CN(C(c2ccccc2)c2ccccc2)[C@@H]1C. The van der Waals surface area contributed by atoms with Crippen LogP contribution in [0.15, 0.2) is 60.7 Å². The van der Waals surface area contributed by atoms with E-state index < -0.39 is 0 Å². The zero-order valence-corrected chi connectivity index (χ0v) is 12.1. The molecule has 0 aromatic heterocycles. The van der Waals surface area contributed by atoms with Crippen molar-refractivity contribution in [3.8, 4) is 0 Å². The number of benzene rings is 2. The first-order valence-electron chi connectivity index (χ1n) is 7.19. The molecule has 0 aliphatic carbocycles. The molecular formula is C18H21NO. The molecule has 0 radical (unpaired) electrons. The van der Waals surface area contributed by atoms with Gasteiger partial charge in [0.2, 0.25) is 0 Å². The van der Waals surface area contributed by atoms with Crippen molar-refractivity contribution in [1.82, 2.24) is 4.90 Å². The Hall–Kier alpha value is -1.64. The fourth-order valence-corrected chi connectivity index (χ4v) is 3.06. The van der Waals surface area contributed by atoms with Crippen molar-refractivity contribution in [3.63, 3.8) is 0 Å². The van der Waals surface area contributed by atoms with Crippen LogP contribution >= 0.6 is 0 Å². The van der Waals surface area contributed by atoms with E-state index in [-0.39, 0.29) is 0 Å². The molecule has 1 aliphatic heterocycles. The third-order valence-electron chi connectivity index (χ3n) is 4.32. The van der Waals surface area contributed by atoms with E-state index in [1.54, 1.807) is 7.11 Å². The van der Waals surface area contributed by atoms with Gasteiger partial charge in [-0.2, -0.15) is 0 Å². The van der Waals surface area contributed by atoms with Gasteiger partial charge in [0.25, 0.3) is 0 Å². The van der Waals surface area contributed by atoms with Crippen molar-refractivity contribution in [1.29, 1.82) is 0 Å². The molecule has 0 N–H and O–H groups in total. The van der Waals surface area contributed by atoms with Gasteiger partial charge in [-0.15, -0.1) is 0 Å². The van der Waals surface area contributed by atoms with E-state index in [0.717, 1.165) is 6.54 Å². The van der Waals surface area contributed by atoms with Crippen LogP contribution in [0.5, 0.6) is 0 Å². The Morgan fingerprint density at radius 1 is 0.950 bits per heavy atom. The van der Waals surface area contributed by atoms with Gasteiger partial charge < -0.3 is 4.74 Å². The third-order valence-corrected chi connectivity index (χ3v) is 4.32. The van der Waals surface area contributed by atoms with E-state index in [4.69, 9.17) is 4.74 Å². The highest BCUT2D eigenvalue weighted by Gasteiger charge is 2.40. The van der Waals surface area contributed by atoms with Crippen LogP contribution in [0.2, 0.25) is 0 Å². The average molecular weight is 267 g/mol. The molecule has 0 amide bonds. The minimum absolute atomic E-state index is 0.318. The second-order valence-corrected chi connectivity index (χ2v) is 5.44. The lowest BCUT2D eigenvalue weighted by molar-refractivity contribution is -0.0912. The Bertz CT molecular complexity index is 500. The quantitative estimate of drug-likeness (QED) is 0.840. The molecule has 20 heavy (non-hydrogen) atoms. The molecule has 2 nitrogen and oxygen atoms in total. The number of hydrogen-bond acceptors (Lipinski definition) is 2. The molecule has 1 aliphatic rings. The number of methoxy groups -OCH3 is 1. The molecule has 0 spiro atoms. The molecule has 3 rings (SSSR count). The monoisotopic (exact) mass is 267 g/mol. The van der Waals surface area contributed by atoms with Crippen LogP contribution in [0.4, 0.5) is 0 Å². The van der Waals surface area contributed by atoms with Gasteiger partial charge in [-0.3, -0.25) is 4.90 Å². The summed E-state index contributed by atoms with van der Waals surface area (Å²) in [7, 11) is 1.80. The largest absolute Gasteiger partial charge is 0.379 e. The van der Waals surface area contributed by atoms with Gasteiger partial charge in [-0.25, -0.2) is 0 Å². The van der Waals surface area contributed by atoms with Crippen molar-refractivity contribution in [2.45, 2.75) is 25.1 Å². The van der Waals surface area contributed by atoms with Gasteiger partial charge in [0.15, 0.2) is 0 Å². The molecule has 1 fully saturated rings. The van der Waals surface area contributed by atoms with Crippen molar-refractivity contribution in [3.05, 3.63) is 71.8 Å². The topological polar surface area (TPSA) is 12.5 Å². The molecule has 0 bridgehead atoms. The number of hydrogen-bond donors (Lipinski definition) is 0. The maximum Gasteiger partial charge on any atom is 0.0851 e. The molecular weight excluding hydrogens is 246 g/mol. The van der Waals surface area contributed by atoms with Crippen LogP contribution in [-0.4, -0.2) is 30.7 Å². The summed E-state index contributed by atoms with van der Waals surface area (Å²) >= 11 is 0. The van der Waals surface area contributed by atoms with Crippen LogP contribution in [0.1, 0.15) is 24.1 Å². The molecule has 1 heterocycles. The Labute approximate surface area is 121 Å². The molecule has 104 valence electrons. The molecule has 0 saturated carbocycles. The summed E-state index contributed by atoms with van der Waals surface area (Å²) in [5.74, 6) is 0. The minimum Gasteiger partial charge on any atom is -0.379 e. The van der Waals surface area contributed by atoms with E-state index in [9.17, 15) is 0 Å². The van der Waals surface area contributed by atoms with Crippen LogP contribution in [-0.2, 0) is 4.74 Å². The van der Waals surface area contributed by atoms with Crippen molar-refractivity contribution >= 4 is 0 Å². The maximum absolute atomic E-state index is 5.51. The Kier molecular flexibility index (Phi) is 3.86. The van der Waals surface area contributed by atoms with Gasteiger partial charge in [-0.05, 0) is 18.1 Å². The van der Waals surface area contributed by atoms with Crippen LogP contribution < -0.4 is 0 Å². The average Bonchev–Trinajstić information content (AvgIpc) is 2.52. The fraction of sp³-hybridized carbons (Fsp3) is 0.333. The molecule has 1 saturated heterocycles. The fourth-order valence-electron chi connectivity index (χ4n) is 3.06. The summed E-state index contributed by atoms with van der Waals surface area (Å²) in [4.78, 5) is 2.51. The summed E-state index contributed by atoms with van der Waals surface area (Å²) in [5.41, 5.74) is 2.69. The Morgan fingerprint density at radius 2 is 1.45 bits per heavy atom. The number of nitrogens with zero attached hydrogens (tertiary/aromatic N) is 1. The van der Waals surface area contributed by atoms with Crippen molar-refractivity contribution in [2.75, 3.05) is 13.7 Å². The van der Waals surface area contributed by atoms with Gasteiger partial charge >= 0.3 is 0 Å². The second kappa shape index (κ2) is 5.78. The summed E-state index contributed by atoms with van der Waals surface area (Å²) < 4.78 is 5.51. The van der Waals surface area contributed by atoms with Crippen LogP contribution in [0, 0.1) is 0 Å².